The number of fused-ring (bicyclic) bond motifs is 1. The molecule has 0 amide bonds. The van der Waals surface area contributed by atoms with Gasteiger partial charge >= 0.3 is 0 Å². The monoisotopic (exact) mass is 494 g/mol. The molecule has 1 aromatic heterocycles. The molecule has 0 saturated carbocycles. The minimum Gasteiger partial charge on any atom is -0.315 e. The van der Waals surface area contributed by atoms with Gasteiger partial charge in [-0.15, -0.1) is 0 Å². The first-order valence-electron chi connectivity index (χ1n) is 5.70. The molecule has 2 aromatic carbocycles. The highest BCUT2D eigenvalue weighted by molar-refractivity contribution is 14.1. The van der Waals surface area contributed by atoms with Crippen LogP contribution in [0.25, 0.3) is 11.0 Å². The van der Waals surface area contributed by atoms with Crippen molar-refractivity contribution in [3.05, 3.63) is 60.5 Å². The lowest BCUT2D eigenvalue weighted by Gasteiger charge is -2.06. The van der Waals surface area contributed by atoms with Crippen molar-refractivity contribution in [2.24, 2.45) is 0 Å². The summed E-state index contributed by atoms with van der Waals surface area (Å²) in [6, 6.07) is 14.4. The molecule has 1 heterocycles. The van der Waals surface area contributed by atoms with E-state index in [4.69, 9.17) is 11.6 Å². The van der Waals surface area contributed by atoms with E-state index < -0.39 is 0 Å². The minimum atomic E-state index is 0.758. The van der Waals surface area contributed by atoms with E-state index in [1.165, 1.54) is 5.56 Å². The van der Waals surface area contributed by atoms with Gasteiger partial charge in [-0.25, -0.2) is 4.98 Å². The number of hydrogen-bond donors (Lipinski definition) is 0. The van der Waals surface area contributed by atoms with E-state index in [2.05, 4.69) is 85.1 Å². The lowest BCUT2D eigenvalue weighted by Crippen LogP contribution is -2.01. The largest absolute Gasteiger partial charge is 0.315 e. The zero-order valence-corrected chi connectivity index (χ0v) is 14.8. The quantitative estimate of drug-likeness (QED) is 0.462. The summed E-state index contributed by atoms with van der Waals surface area (Å²) < 4.78 is 4.25. The third-order valence-corrected chi connectivity index (χ3v) is 5.27. The molecule has 0 N–H and O–H groups in total. The maximum Gasteiger partial charge on any atom is 0.172 e. The van der Waals surface area contributed by atoms with Crippen LogP contribution in [0.5, 0.6) is 0 Å². The predicted octanol–water partition coefficient (Wildman–Crippen LogP) is 4.95. The van der Waals surface area contributed by atoms with Crippen LogP contribution in [0.3, 0.4) is 0 Å². The third-order valence-electron chi connectivity index (χ3n) is 2.93. The smallest absolute Gasteiger partial charge is 0.172 e. The topological polar surface area (TPSA) is 17.8 Å². The van der Waals surface area contributed by atoms with E-state index in [0.29, 0.717) is 0 Å². The summed E-state index contributed by atoms with van der Waals surface area (Å²) in [4.78, 5) is 4.57. The van der Waals surface area contributed by atoms with Crippen molar-refractivity contribution in [1.29, 1.82) is 0 Å². The van der Waals surface area contributed by atoms with Crippen molar-refractivity contribution in [1.82, 2.24) is 9.55 Å². The molecular weight excluding hydrogens is 485 g/mol. The molecule has 0 saturated heterocycles. The number of hydrogen-bond acceptors (Lipinski definition) is 1. The number of halogens is 3. The second kappa shape index (κ2) is 5.57. The number of rotatable bonds is 2. The summed E-state index contributed by atoms with van der Waals surface area (Å²) in [5.41, 5.74) is 3.34. The Morgan fingerprint density at radius 2 is 1.84 bits per heavy atom. The summed E-state index contributed by atoms with van der Waals surface area (Å²) in [6.45, 7) is 0.827. The summed E-state index contributed by atoms with van der Waals surface area (Å²) in [5.74, 6) is 0. The first kappa shape index (κ1) is 13.6. The highest BCUT2D eigenvalue weighted by Gasteiger charge is 2.11. The van der Waals surface area contributed by atoms with E-state index in [9.17, 15) is 0 Å². The normalized spacial score (nSPS) is 11.1. The molecule has 0 aliphatic rings. The molecule has 0 aliphatic heterocycles. The lowest BCUT2D eigenvalue weighted by molar-refractivity contribution is 0.797. The maximum absolute atomic E-state index is 6.15. The number of nitrogens with zero attached hydrogens (tertiary/aromatic N) is 2. The van der Waals surface area contributed by atoms with Crippen LogP contribution in [-0.4, -0.2) is 9.55 Å². The Morgan fingerprint density at radius 3 is 2.58 bits per heavy atom. The standard InChI is InChI=1S/C14H9ClI2N2/c15-10-6-12-13(7-11(10)16)19(14(17)18-12)8-9-4-2-1-3-5-9/h1-7H,8H2. The summed E-state index contributed by atoms with van der Waals surface area (Å²) >= 11 is 10.7. The molecule has 5 heteroatoms. The molecule has 0 bridgehead atoms. The molecule has 3 rings (SSSR count). The Morgan fingerprint density at radius 1 is 1.11 bits per heavy atom. The van der Waals surface area contributed by atoms with Gasteiger partial charge in [-0.2, -0.15) is 0 Å². The van der Waals surface area contributed by atoms with E-state index in [1.54, 1.807) is 0 Å². The van der Waals surface area contributed by atoms with Gasteiger partial charge in [-0.1, -0.05) is 41.9 Å². The molecule has 19 heavy (non-hydrogen) atoms. The molecule has 0 radical (unpaired) electrons. The highest BCUT2D eigenvalue weighted by Crippen LogP contribution is 2.27. The molecule has 96 valence electrons. The second-order valence-electron chi connectivity index (χ2n) is 4.21. The van der Waals surface area contributed by atoms with Crippen molar-refractivity contribution < 1.29 is 0 Å². The number of benzene rings is 2. The van der Waals surface area contributed by atoms with Crippen molar-refractivity contribution in [3.63, 3.8) is 0 Å². The van der Waals surface area contributed by atoms with Crippen molar-refractivity contribution >= 4 is 67.8 Å². The molecule has 0 atom stereocenters. The Labute approximate surface area is 143 Å². The first-order chi connectivity index (χ1) is 9.15. The Kier molecular flexibility index (Phi) is 4.00. The Hall–Kier alpha value is -0.340. The van der Waals surface area contributed by atoms with Gasteiger partial charge in [0.15, 0.2) is 3.83 Å². The van der Waals surface area contributed by atoms with Gasteiger partial charge in [0.25, 0.3) is 0 Å². The van der Waals surface area contributed by atoms with Crippen LogP contribution in [0, 0.1) is 7.40 Å². The summed E-state index contributed by atoms with van der Waals surface area (Å²) in [7, 11) is 0. The fourth-order valence-electron chi connectivity index (χ4n) is 2.01. The van der Waals surface area contributed by atoms with E-state index >= 15 is 0 Å². The van der Waals surface area contributed by atoms with Crippen molar-refractivity contribution in [2.75, 3.05) is 0 Å². The first-order valence-corrected chi connectivity index (χ1v) is 8.23. The molecule has 0 spiro atoms. The fourth-order valence-corrected chi connectivity index (χ4v) is 3.31. The SMILES string of the molecule is Clc1cc2nc(I)n(Cc3ccccc3)c2cc1I. The number of imidazole rings is 1. The predicted molar refractivity (Wildman–Crippen MR) is 95.7 cm³/mol. The summed E-state index contributed by atoms with van der Waals surface area (Å²) in [5, 5.41) is 0.758. The van der Waals surface area contributed by atoms with Crippen LogP contribution in [0.2, 0.25) is 5.02 Å². The maximum atomic E-state index is 6.15. The van der Waals surface area contributed by atoms with Gasteiger partial charge in [0.2, 0.25) is 0 Å². The Balaban J connectivity index is 2.13. The van der Waals surface area contributed by atoms with Gasteiger partial charge < -0.3 is 4.57 Å². The van der Waals surface area contributed by atoms with Gasteiger partial charge in [-0.05, 0) is 62.9 Å². The molecule has 0 unspecified atom stereocenters. The van der Waals surface area contributed by atoms with Gasteiger partial charge in [0, 0.05) is 3.57 Å². The van der Waals surface area contributed by atoms with E-state index in [-0.39, 0.29) is 0 Å². The van der Waals surface area contributed by atoms with Gasteiger partial charge in [-0.3, -0.25) is 0 Å². The lowest BCUT2D eigenvalue weighted by atomic mass is 10.2. The van der Waals surface area contributed by atoms with Crippen LogP contribution < -0.4 is 0 Å². The van der Waals surface area contributed by atoms with Gasteiger partial charge in [0.05, 0.1) is 22.6 Å². The Bertz CT molecular complexity index is 738. The molecule has 0 aliphatic carbocycles. The number of aromatic nitrogens is 2. The molecular formula is C14H9ClI2N2. The van der Waals surface area contributed by atoms with Crippen LogP contribution in [-0.2, 0) is 6.54 Å². The highest BCUT2D eigenvalue weighted by atomic mass is 127. The average molecular weight is 495 g/mol. The van der Waals surface area contributed by atoms with Crippen LogP contribution in [0.15, 0.2) is 42.5 Å². The average Bonchev–Trinajstić information content (AvgIpc) is 2.68. The third kappa shape index (κ3) is 2.75. The van der Waals surface area contributed by atoms with Crippen molar-refractivity contribution in [2.45, 2.75) is 6.54 Å². The fraction of sp³-hybridized carbons (Fsp3) is 0.0714. The van der Waals surface area contributed by atoms with Crippen LogP contribution >= 0.6 is 56.8 Å². The molecule has 3 aromatic rings. The minimum absolute atomic E-state index is 0.758. The molecule has 2 nitrogen and oxygen atoms in total. The van der Waals surface area contributed by atoms with Crippen LogP contribution in [0.1, 0.15) is 5.56 Å². The second-order valence-corrected chi connectivity index (χ2v) is 6.74. The zero-order chi connectivity index (χ0) is 13.4. The van der Waals surface area contributed by atoms with Gasteiger partial charge in [0.1, 0.15) is 0 Å². The molecule has 0 fully saturated rings. The van der Waals surface area contributed by atoms with E-state index in [1.807, 2.05) is 12.1 Å². The van der Waals surface area contributed by atoms with Crippen molar-refractivity contribution in [3.8, 4) is 0 Å². The van der Waals surface area contributed by atoms with E-state index in [0.717, 1.165) is 30.0 Å². The van der Waals surface area contributed by atoms with Crippen LogP contribution in [0.4, 0.5) is 0 Å². The summed E-state index contributed by atoms with van der Waals surface area (Å²) in [6.07, 6.45) is 0. The zero-order valence-electron chi connectivity index (χ0n) is 9.78.